The van der Waals surface area contributed by atoms with Crippen LogP contribution in [0.2, 0.25) is 10.0 Å². The smallest absolute Gasteiger partial charge is 0.374 e. The third-order valence-electron chi connectivity index (χ3n) is 6.11. The second-order valence-electron chi connectivity index (χ2n) is 8.70. The van der Waals surface area contributed by atoms with Crippen molar-refractivity contribution in [3.05, 3.63) is 93.5 Å². The largest absolute Gasteiger partial charge is 0.435 e. The molecule has 7 nitrogen and oxygen atoms in total. The van der Waals surface area contributed by atoms with Crippen molar-refractivity contribution in [1.29, 1.82) is 0 Å². The van der Waals surface area contributed by atoms with Crippen molar-refractivity contribution in [2.24, 2.45) is 5.16 Å². The molecule has 2 aromatic rings. The van der Waals surface area contributed by atoms with E-state index in [-0.39, 0.29) is 40.0 Å². The van der Waals surface area contributed by atoms with Crippen LogP contribution in [-0.2, 0) is 20.1 Å². The molecule has 0 aromatic heterocycles. The second kappa shape index (κ2) is 10.8. The van der Waals surface area contributed by atoms with Crippen molar-refractivity contribution in [3.8, 4) is 0 Å². The summed E-state index contributed by atoms with van der Waals surface area (Å²) in [5, 5.41) is 7.57. The van der Waals surface area contributed by atoms with Gasteiger partial charge in [-0.3, -0.25) is 14.4 Å². The van der Waals surface area contributed by atoms with Gasteiger partial charge in [-0.1, -0.05) is 59.2 Å². The number of hydrogen-bond acceptors (Lipinski definition) is 5. The Bertz CT molecular complexity index is 1330. The minimum absolute atomic E-state index is 0.0230. The number of rotatable bonds is 7. The summed E-state index contributed by atoms with van der Waals surface area (Å²) in [6, 6.07) is 7.20. The average Bonchev–Trinajstić information content (AvgIpc) is 3.44. The van der Waals surface area contributed by atoms with Gasteiger partial charge in [0.05, 0.1) is 12.3 Å². The van der Waals surface area contributed by atoms with Crippen molar-refractivity contribution in [3.63, 3.8) is 0 Å². The molecule has 0 aliphatic carbocycles. The SMILES string of the molecule is C=CC=CCN1OCC(NC(=O)c2ccc(C3=NOC(c4cc(Cl)cc(Cl)c4)(C(F)(F)F)C3)cc2C)C1=O. The molecule has 38 heavy (non-hydrogen) atoms. The summed E-state index contributed by atoms with van der Waals surface area (Å²) in [5.74, 6) is -0.925. The molecule has 200 valence electrons. The molecule has 0 bridgehead atoms. The fourth-order valence-corrected chi connectivity index (χ4v) is 4.68. The molecule has 1 saturated heterocycles. The Morgan fingerprint density at radius 3 is 2.61 bits per heavy atom. The van der Waals surface area contributed by atoms with Gasteiger partial charge in [0, 0.05) is 27.6 Å². The van der Waals surface area contributed by atoms with Crippen LogP contribution >= 0.6 is 23.2 Å². The summed E-state index contributed by atoms with van der Waals surface area (Å²) >= 11 is 11.9. The molecule has 12 heteroatoms. The van der Waals surface area contributed by atoms with Gasteiger partial charge in [-0.2, -0.15) is 13.2 Å². The van der Waals surface area contributed by atoms with E-state index >= 15 is 0 Å². The Labute approximate surface area is 226 Å². The quantitative estimate of drug-likeness (QED) is 0.448. The predicted octanol–water partition coefficient (Wildman–Crippen LogP) is 5.50. The van der Waals surface area contributed by atoms with Crippen LogP contribution in [0.3, 0.4) is 0 Å². The molecule has 2 aliphatic heterocycles. The molecule has 2 atom stereocenters. The van der Waals surface area contributed by atoms with Gasteiger partial charge in [0.25, 0.3) is 17.4 Å². The molecule has 0 radical (unpaired) electrons. The second-order valence-corrected chi connectivity index (χ2v) is 9.58. The normalized spacial score (nSPS) is 21.5. The third-order valence-corrected chi connectivity index (χ3v) is 6.55. The molecule has 4 rings (SSSR count). The number of hydroxylamine groups is 2. The zero-order valence-electron chi connectivity index (χ0n) is 20.0. The highest BCUT2D eigenvalue weighted by molar-refractivity contribution is 6.34. The number of aryl methyl sites for hydroxylation is 1. The summed E-state index contributed by atoms with van der Waals surface area (Å²) in [7, 11) is 0. The number of alkyl halides is 3. The van der Waals surface area contributed by atoms with Crippen molar-refractivity contribution < 1.29 is 32.4 Å². The molecule has 1 fully saturated rings. The Morgan fingerprint density at radius 2 is 1.97 bits per heavy atom. The molecule has 2 amide bonds. The first kappa shape index (κ1) is 27.7. The summed E-state index contributed by atoms with van der Waals surface area (Å²) in [4.78, 5) is 35.7. The first-order chi connectivity index (χ1) is 17.9. The van der Waals surface area contributed by atoms with Crippen LogP contribution in [0.25, 0.3) is 0 Å². The number of nitrogens with zero attached hydrogens (tertiary/aromatic N) is 2. The maximum atomic E-state index is 14.3. The van der Waals surface area contributed by atoms with Crippen molar-refractivity contribution in [2.75, 3.05) is 13.2 Å². The minimum atomic E-state index is -4.83. The topological polar surface area (TPSA) is 80.2 Å². The molecular weight excluding hydrogens is 546 g/mol. The fourth-order valence-electron chi connectivity index (χ4n) is 4.15. The van der Waals surface area contributed by atoms with Gasteiger partial charge in [0.2, 0.25) is 0 Å². The van der Waals surface area contributed by atoms with E-state index in [2.05, 4.69) is 17.1 Å². The van der Waals surface area contributed by atoms with Crippen LogP contribution < -0.4 is 5.32 Å². The lowest BCUT2D eigenvalue weighted by Crippen LogP contribution is -2.43. The van der Waals surface area contributed by atoms with Gasteiger partial charge >= 0.3 is 6.18 Å². The van der Waals surface area contributed by atoms with Gasteiger partial charge in [-0.15, -0.1) is 0 Å². The van der Waals surface area contributed by atoms with Crippen molar-refractivity contribution >= 4 is 40.7 Å². The molecular formula is C26H22Cl2F3N3O4. The lowest BCUT2D eigenvalue weighted by molar-refractivity contribution is -0.275. The number of halogens is 5. The van der Waals surface area contributed by atoms with Crippen LogP contribution in [0, 0.1) is 6.92 Å². The zero-order valence-corrected chi connectivity index (χ0v) is 21.5. The van der Waals surface area contributed by atoms with Gasteiger partial charge in [0.1, 0.15) is 12.6 Å². The number of oxime groups is 1. The number of benzene rings is 2. The first-order valence-corrected chi connectivity index (χ1v) is 12.1. The maximum absolute atomic E-state index is 14.3. The van der Waals surface area contributed by atoms with Crippen molar-refractivity contribution in [1.82, 2.24) is 10.4 Å². The summed E-state index contributed by atoms with van der Waals surface area (Å²) < 4.78 is 42.8. The Morgan fingerprint density at radius 1 is 1.26 bits per heavy atom. The van der Waals surface area contributed by atoms with Crippen LogP contribution in [-0.4, -0.2) is 48.0 Å². The fraction of sp³-hybridized carbons (Fsp3) is 0.269. The highest BCUT2D eigenvalue weighted by Crippen LogP contribution is 2.49. The van der Waals surface area contributed by atoms with E-state index in [1.807, 2.05) is 0 Å². The van der Waals surface area contributed by atoms with E-state index in [9.17, 15) is 22.8 Å². The number of carbonyl (C=O) groups excluding carboxylic acids is 2. The molecule has 2 unspecified atom stereocenters. The molecule has 2 aliphatic rings. The Balaban J connectivity index is 1.50. The molecule has 0 saturated carbocycles. The number of nitrogens with one attached hydrogen (secondary N) is 1. The van der Waals surface area contributed by atoms with E-state index in [1.54, 1.807) is 25.2 Å². The lowest BCUT2D eigenvalue weighted by atomic mass is 9.86. The van der Waals surface area contributed by atoms with Crippen LogP contribution in [0.1, 0.15) is 33.5 Å². The summed E-state index contributed by atoms with van der Waals surface area (Å²) in [6.45, 7) is 5.36. The monoisotopic (exact) mass is 567 g/mol. The van der Waals surface area contributed by atoms with E-state index < -0.39 is 36.1 Å². The minimum Gasteiger partial charge on any atom is -0.374 e. The van der Waals surface area contributed by atoms with Crippen LogP contribution in [0.4, 0.5) is 13.2 Å². The predicted molar refractivity (Wildman–Crippen MR) is 136 cm³/mol. The molecule has 0 spiro atoms. The van der Waals surface area contributed by atoms with E-state index in [0.717, 1.165) is 17.2 Å². The highest BCUT2D eigenvalue weighted by atomic mass is 35.5. The van der Waals surface area contributed by atoms with E-state index in [4.69, 9.17) is 32.9 Å². The standard InChI is InChI=1S/C26H22Cl2F3N3O4/c1-3-4-5-8-34-24(36)22(14-37-34)32-23(35)20-7-6-16(9-15(20)2)21-13-25(38-33-21,26(29,30)31)17-10-18(27)12-19(28)11-17/h3-7,9-12,22H,1,8,13-14H2,2H3,(H,32,35). The van der Waals surface area contributed by atoms with E-state index in [0.29, 0.717) is 11.1 Å². The summed E-state index contributed by atoms with van der Waals surface area (Å²) in [6.07, 6.45) is -0.544. The maximum Gasteiger partial charge on any atom is 0.435 e. The zero-order chi connectivity index (χ0) is 27.7. The first-order valence-electron chi connectivity index (χ1n) is 11.4. The van der Waals surface area contributed by atoms with Crippen molar-refractivity contribution in [2.45, 2.75) is 31.2 Å². The van der Waals surface area contributed by atoms with Crippen LogP contribution in [0.5, 0.6) is 0 Å². The highest BCUT2D eigenvalue weighted by Gasteiger charge is 2.62. The molecule has 2 aromatic carbocycles. The van der Waals surface area contributed by atoms with Gasteiger partial charge in [-0.05, 0) is 48.4 Å². The molecule has 1 N–H and O–H groups in total. The number of allylic oxidation sites excluding steroid dienone is 2. The Kier molecular flexibility index (Phi) is 7.87. The Hall–Kier alpha value is -3.34. The van der Waals surface area contributed by atoms with Crippen LogP contribution in [0.15, 0.2) is 66.4 Å². The number of amides is 2. The third kappa shape index (κ3) is 5.43. The van der Waals surface area contributed by atoms with Gasteiger partial charge in [-0.25, -0.2) is 5.06 Å². The van der Waals surface area contributed by atoms with Gasteiger partial charge in [0.15, 0.2) is 0 Å². The number of hydrogen-bond donors (Lipinski definition) is 1. The van der Waals surface area contributed by atoms with Gasteiger partial charge < -0.3 is 10.2 Å². The average molecular weight is 568 g/mol. The van der Waals surface area contributed by atoms with E-state index in [1.165, 1.54) is 24.3 Å². The lowest BCUT2D eigenvalue weighted by Gasteiger charge is -2.29. The summed E-state index contributed by atoms with van der Waals surface area (Å²) in [5.41, 5.74) is -1.94. The molecule has 2 heterocycles. The number of carbonyl (C=O) groups is 2.